The minimum absolute atomic E-state index is 0. The molecule has 0 aromatic heterocycles. The van der Waals surface area contributed by atoms with E-state index in [0.29, 0.717) is 0 Å². The van der Waals surface area contributed by atoms with Crippen LogP contribution in [0, 0.1) is 5.92 Å². The molecule has 4 N–H and O–H groups in total. The maximum Gasteiger partial charge on any atom is 0.243 e. The second kappa shape index (κ2) is 12.8. The van der Waals surface area contributed by atoms with Gasteiger partial charge in [-0.05, 0) is 37.0 Å². The van der Waals surface area contributed by atoms with E-state index in [9.17, 15) is 9.59 Å². The summed E-state index contributed by atoms with van der Waals surface area (Å²) in [6.07, 6.45) is 4.98. The second-order valence-corrected chi connectivity index (χ2v) is 6.99. The van der Waals surface area contributed by atoms with Crippen LogP contribution in [0.4, 0.5) is 11.4 Å². The molecule has 6 nitrogen and oxygen atoms in total. The summed E-state index contributed by atoms with van der Waals surface area (Å²) in [4.78, 5) is 26.3. The van der Waals surface area contributed by atoms with Gasteiger partial charge in [0.25, 0.3) is 0 Å². The molecule has 1 heterocycles. The van der Waals surface area contributed by atoms with Crippen LogP contribution >= 0.6 is 24.8 Å². The number of amides is 2. The van der Waals surface area contributed by atoms with Crippen LogP contribution in [0.25, 0.3) is 0 Å². The lowest BCUT2D eigenvalue weighted by molar-refractivity contribution is -0.125. The smallest absolute Gasteiger partial charge is 0.243 e. The third-order valence-corrected chi connectivity index (χ3v) is 4.55. The van der Waals surface area contributed by atoms with Crippen molar-refractivity contribution in [2.24, 2.45) is 11.7 Å². The fourth-order valence-corrected chi connectivity index (χ4v) is 2.90. The summed E-state index contributed by atoms with van der Waals surface area (Å²) < 4.78 is 0. The maximum atomic E-state index is 12.1. The lowest BCUT2D eigenvalue weighted by atomic mass is 10.1. The molecular formula is C19H32Cl2N4O2. The van der Waals surface area contributed by atoms with Crippen molar-refractivity contribution in [2.75, 3.05) is 29.9 Å². The van der Waals surface area contributed by atoms with E-state index >= 15 is 0 Å². The number of carbonyl (C=O) groups is 2. The Morgan fingerprint density at radius 2 is 1.74 bits per heavy atom. The van der Waals surface area contributed by atoms with E-state index in [1.807, 2.05) is 32.0 Å². The van der Waals surface area contributed by atoms with Gasteiger partial charge in [-0.2, -0.15) is 0 Å². The van der Waals surface area contributed by atoms with Crippen molar-refractivity contribution in [3.63, 3.8) is 0 Å². The lowest BCUT2D eigenvalue weighted by Crippen LogP contribution is -2.46. The third-order valence-electron chi connectivity index (χ3n) is 4.55. The van der Waals surface area contributed by atoms with E-state index < -0.39 is 6.04 Å². The van der Waals surface area contributed by atoms with Crippen molar-refractivity contribution in [1.29, 1.82) is 0 Å². The first-order chi connectivity index (χ1) is 12.0. The molecule has 154 valence electrons. The molecule has 1 aromatic carbocycles. The summed E-state index contributed by atoms with van der Waals surface area (Å²) in [7, 11) is 0. The summed E-state index contributed by atoms with van der Waals surface area (Å²) in [5.41, 5.74) is 7.64. The van der Waals surface area contributed by atoms with Crippen LogP contribution in [-0.2, 0) is 9.59 Å². The Balaban J connectivity index is 0.00000338. The molecule has 27 heavy (non-hydrogen) atoms. The number of benzene rings is 1. The first-order valence-electron chi connectivity index (χ1n) is 9.15. The van der Waals surface area contributed by atoms with Crippen molar-refractivity contribution in [1.82, 2.24) is 5.32 Å². The van der Waals surface area contributed by atoms with E-state index in [-0.39, 0.29) is 49.1 Å². The molecule has 0 unspecified atom stereocenters. The van der Waals surface area contributed by atoms with Crippen molar-refractivity contribution >= 4 is 48.0 Å². The zero-order valence-electron chi connectivity index (χ0n) is 16.1. The van der Waals surface area contributed by atoms with Crippen LogP contribution in [0.2, 0.25) is 0 Å². The summed E-state index contributed by atoms with van der Waals surface area (Å²) in [5.74, 6) is -0.519. The molecule has 0 spiro atoms. The molecule has 1 saturated heterocycles. The summed E-state index contributed by atoms with van der Waals surface area (Å²) in [6.45, 7) is 5.78. The first kappa shape index (κ1) is 25.5. The van der Waals surface area contributed by atoms with Gasteiger partial charge < -0.3 is 21.3 Å². The van der Waals surface area contributed by atoms with Gasteiger partial charge in [0, 0.05) is 24.5 Å². The zero-order valence-corrected chi connectivity index (χ0v) is 17.7. The molecule has 1 fully saturated rings. The fraction of sp³-hybridized carbons (Fsp3) is 0.579. The van der Waals surface area contributed by atoms with E-state index in [1.54, 1.807) is 0 Å². The summed E-state index contributed by atoms with van der Waals surface area (Å²) >= 11 is 0. The number of nitrogens with two attached hydrogens (primary N) is 1. The molecular weight excluding hydrogens is 387 g/mol. The third kappa shape index (κ3) is 8.37. The highest BCUT2D eigenvalue weighted by Crippen LogP contribution is 2.22. The van der Waals surface area contributed by atoms with Gasteiger partial charge in [0.15, 0.2) is 0 Å². The molecule has 1 aliphatic heterocycles. The van der Waals surface area contributed by atoms with Gasteiger partial charge in [-0.25, -0.2) is 0 Å². The Morgan fingerprint density at radius 3 is 2.33 bits per heavy atom. The van der Waals surface area contributed by atoms with Crippen LogP contribution < -0.4 is 21.3 Å². The highest BCUT2D eigenvalue weighted by atomic mass is 35.5. The summed E-state index contributed by atoms with van der Waals surface area (Å²) in [6, 6.07) is 7.28. The van der Waals surface area contributed by atoms with Crippen LogP contribution in [-0.4, -0.2) is 37.5 Å². The average Bonchev–Trinajstić information content (AvgIpc) is 2.88. The highest BCUT2D eigenvalue weighted by Gasteiger charge is 2.17. The van der Waals surface area contributed by atoms with Crippen molar-refractivity contribution in [3.05, 3.63) is 24.3 Å². The molecule has 1 aromatic rings. The van der Waals surface area contributed by atoms with Gasteiger partial charge in [0.05, 0.1) is 12.6 Å². The van der Waals surface area contributed by atoms with Crippen molar-refractivity contribution in [3.8, 4) is 0 Å². The van der Waals surface area contributed by atoms with Crippen LogP contribution in [0.1, 0.15) is 39.5 Å². The van der Waals surface area contributed by atoms with Gasteiger partial charge in [0.2, 0.25) is 11.8 Å². The fourth-order valence-electron chi connectivity index (χ4n) is 2.90. The second-order valence-electron chi connectivity index (χ2n) is 6.99. The van der Waals surface area contributed by atoms with E-state index in [0.717, 1.165) is 24.5 Å². The molecule has 0 radical (unpaired) electrons. The Labute approximate surface area is 174 Å². The zero-order chi connectivity index (χ0) is 18.2. The number of carbonyl (C=O) groups excluding carboxylic acids is 2. The number of hydrogen-bond acceptors (Lipinski definition) is 4. The monoisotopic (exact) mass is 418 g/mol. The number of hydrogen-bond donors (Lipinski definition) is 3. The quantitative estimate of drug-likeness (QED) is 0.662. The average molecular weight is 419 g/mol. The molecule has 0 aliphatic carbocycles. The minimum Gasteiger partial charge on any atom is -0.371 e. The van der Waals surface area contributed by atoms with Crippen molar-refractivity contribution < 1.29 is 9.59 Å². The predicted octanol–water partition coefficient (Wildman–Crippen LogP) is 2.95. The lowest BCUT2D eigenvalue weighted by Gasteiger charge is -2.23. The molecule has 2 amide bonds. The molecule has 8 heteroatoms. The molecule has 0 bridgehead atoms. The van der Waals surface area contributed by atoms with Gasteiger partial charge >= 0.3 is 0 Å². The van der Waals surface area contributed by atoms with E-state index in [4.69, 9.17) is 5.73 Å². The predicted molar refractivity (Wildman–Crippen MR) is 116 cm³/mol. The normalized spacial score (nSPS) is 15.0. The topological polar surface area (TPSA) is 87.5 Å². The Kier molecular flexibility index (Phi) is 12.1. The van der Waals surface area contributed by atoms with Gasteiger partial charge in [0.1, 0.15) is 0 Å². The highest BCUT2D eigenvalue weighted by molar-refractivity contribution is 5.95. The van der Waals surface area contributed by atoms with Gasteiger partial charge in [-0.1, -0.05) is 32.8 Å². The van der Waals surface area contributed by atoms with Crippen molar-refractivity contribution in [2.45, 2.75) is 45.6 Å². The minimum atomic E-state index is -0.598. The maximum absolute atomic E-state index is 12.1. The Morgan fingerprint density at radius 1 is 1.11 bits per heavy atom. The molecule has 1 aliphatic rings. The first-order valence-corrected chi connectivity index (χ1v) is 9.15. The van der Waals surface area contributed by atoms with E-state index in [2.05, 4.69) is 21.6 Å². The molecule has 1 atom stereocenters. The Bertz CT molecular complexity index is 591. The molecule has 0 saturated carbocycles. The van der Waals surface area contributed by atoms with Gasteiger partial charge in [-0.3, -0.25) is 9.59 Å². The number of nitrogens with zero attached hydrogens (tertiary/aromatic N) is 1. The van der Waals surface area contributed by atoms with E-state index in [1.165, 1.54) is 25.7 Å². The Hall–Kier alpha value is -1.50. The van der Waals surface area contributed by atoms with Crippen LogP contribution in [0.5, 0.6) is 0 Å². The number of halogens is 2. The van der Waals surface area contributed by atoms with Crippen LogP contribution in [0.3, 0.4) is 0 Å². The number of nitrogens with one attached hydrogen (secondary N) is 2. The largest absolute Gasteiger partial charge is 0.371 e. The summed E-state index contributed by atoms with van der Waals surface area (Å²) in [5, 5.41) is 5.42. The standard InChI is InChI=1S/C19H30N4O2.2ClH/c1-14(2)18(20)19(25)21-13-17(24)22-15-8-7-9-16(12-15)23-10-5-3-4-6-11-23;;/h7-9,12,14,18H,3-6,10-11,13,20H2,1-2H3,(H,21,25)(H,22,24);2*1H/t18-;;/m0../s1. The van der Waals surface area contributed by atoms with Crippen LogP contribution in [0.15, 0.2) is 24.3 Å². The number of anilines is 2. The number of rotatable bonds is 6. The van der Waals surface area contributed by atoms with Gasteiger partial charge in [-0.15, -0.1) is 24.8 Å². The molecule has 2 rings (SSSR count). The SMILES string of the molecule is CC(C)[C@H](N)C(=O)NCC(=O)Nc1cccc(N2CCCCCC2)c1.Cl.Cl.